The number of pyridine rings is 1. The van der Waals surface area contributed by atoms with Crippen molar-refractivity contribution >= 4 is 29.1 Å². The number of hydrogen-bond donors (Lipinski definition) is 1. The average molecular weight is 290 g/mol. The lowest BCUT2D eigenvalue weighted by Crippen LogP contribution is -2.26. The van der Waals surface area contributed by atoms with Crippen molar-refractivity contribution < 1.29 is 4.79 Å². The van der Waals surface area contributed by atoms with E-state index in [1.54, 1.807) is 12.1 Å². The lowest BCUT2D eigenvalue weighted by molar-refractivity contribution is 0.0948. The number of nitrogens with one attached hydrogen (secondary N) is 1. The maximum atomic E-state index is 11.8. The van der Waals surface area contributed by atoms with Crippen molar-refractivity contribution in [2.24, 2.45) is 0 Å². The van der Waals surface area contributed by atoms with Crippen LogP contribution in [0.1, 0.15) is 23.3 Å². The van der Waals surface area contributed by atoms with Crippen molar-refractivity contribution in [2.75, 3.05) is 27.2 Å². The molecule has 1 heterocycles. The molecule has 0 fully saturated rings. The monoisotopic (exact) mass is 289 g/mol. The molecule has 0 spiro atoms. The Hall–Kier alpha value is -0.840. The summed E-state index contributed by atoms with van der Waals surface area (Å²) in [6.07, 6.45) is 1.95. The van der Waals surface area contributed by atoms with Gasteiger partial charge in [-0.15, -0.1) is 0 Å². The maximum Gasteiger partial charge on any atom is 0.271 e. The van der Waals surface area contributed by atoms with Gasteiger partial charge in [0.25, 0.3) is 5.91 Å². The topological polar surface area (TPSA) is 45.2 Å². The molecule has 0 aliphatic carbocycles. The average Bonchev–Trinajstić information content (AvgIpc) is 2.31. The van der Waals surface area contributed by atoms with Gasteiger partial charge in [-0.05, 0) is 45.6 Å². The molecule has 1 N–H and O–H groups in total. The zero-order valence-corrected chi connectivity index (χ0v) is 12.1. The number of nitrogens with zero attached hydrogens (tertiary/aromatic N) is 2. The lowest BCUT2D eigenvalue weighted by Gasteiger charge is -2.09. The zero-order valence-electron chi connectivity index (χ0n) is 10.5. The first-order valence-electron chi connectivity index (χ1n) is 5.75. The van der Waals surface area contributed by atoms with E-state index in [1.807, 2.05) is 14.1 Å². The van der Waals surface area contributed by atoms with Crippen LogP contribution in [0.2, 0.25) is 10.2 Å². The Morgan fingerprint density at radius 3 is 2.72 bits per heavy atom. The van der Waals surface area contributed by atoms with Gasteiger partial charge in [0.2, 0.25) is 0 Å². The van der Waals surface area contributed by atoms with Crippen molar-refractivity contribution in [1.82, 2.24) is 15.2 Å². The molecule has 0 unspecified atom stereocenters. The van der Waals surface area contributed by atoms with Gasteiger partial charge in [0.1, 0.15) is 10.8 Å². The van der Waals surface area contributed by atoms with Crippen molar-refractivity contribution in [3.63, 3.8) is 0 Å². The van der Waals surface area contributed by atoms with Gasteiger partial charge in [-0.1, -0.05) is 23.2 Å². The summed E-state index contributed by atoms with van der Waals surface area (Å²) in [5, 5.41) is 3.35. The molecular formula is C12H17Cl2N3O. The van der Waals surface area contributed by atoms with Crippen LogP contribution in [0.4, 0.5) is 0 Å². The highest BCUT2D eigenvalue weighted by Gasteiger charge is 2.11. The first-order valence-corrected chi connectivity index (χ1v) is 6.51. The molecule has 0 aromatic carbocycles. The molecule has 0 radical (unpaired) electrons. The van der Waals surface area contributed by atoms with Crippen molar-refractivity contribution in [3.05, 3.63) is 28.0 Å². The Balaban J connectivity index is 2.39. The van der Waals surface area contributed by atoms with E-state index in [0.717, 1.165) is 19.4 Å². The van der Waals surface area contributed by atoms with Gasteiger partial charge in [-0.25, -0.2) is 4.98 Å². The van der Waals surface area contributed by atoms with Crippen LogP contribution in [-0.4, -0.2) is 43.0 Å². The predicted octanol–water partition coefficient (Wildman–Crippen LogP) is 2.46. The summed E-state index contributed by atoms with van der Waals surface area (Å²) >= 11 is 11.6. The Morgan fingerprint density at radius 1 is 1.33 bits per heavy atom. The zero-order chi connectivity index (χ0) is 13.5. The second kappa shape index (κ2) is 7.56. The summed E-state index contributed by atoms with van der Waals surface area (Å²) in [5.74, 6) is -0.285. The fraction of sp³-hybridized carbons (Fsp3) is 0.500. The van der Waals surface area contributed by atoms with E-state index < -0.39 is 0 Å². The number of rotatable bonds is 6. The summed E-state index contributed by atoms with van der Waals surface area (Å²) < 4.78 is 0. The lowest BCUT2D eigenvalue weighted by atomic mass is 10.3. The Bertz CT molecular complexity index is 410. The molecule has 0 aliphatic heterocycles. The number of carbonyl (C=O) groups excluding carboxylic acids is 1. The minimum Gasteiger partial charge on any atom is -0.351 e. The molecule has 0 aliphatic rings. The van der Waals surface area contributed by atoms with E-state index in [1.165, 1.54) is 0 Å². The molecule has 0 saturated carbocycles. The fourth-order valence-corrected chi connectivity index (χ4v) is 1.75. The number of aromatic nitrogens is 1. The molecule has 1 rings (SSSR count). The van der Waals surface area contributed by atoms with Crippen LogP contribution in [0.3, 0.4) is 0 Å². The largest absolute Gasteiger partial charge is 0.351 e. The van der Waals surface area contributed by atoms with Crippen molar-refractivity contribution in [1.29, 1.82) is 0 Å². The number of unbranched alkanes of at least 4 members (excludes halogenated alkanes) is 1. The van der Waals surface area contributed by atoms with Crippen LogP contribution < -0.4 is 5.32 Å². The minimum absolute atomic E-state index is 0.178. The number of carbonyl (C=O) groups is 1. The van der Waals surface area contributed by atoms with E-state index in [4.69, 9.17) is 23.2 Å². The van der Waals surface area contributed by atoms with Gasteiger partial charge in [0.15, 0.2) is 0 Å². The van der Waals surface area contributed by atoms with Gasteiger partial charge in [0.05, 0.1) is 5.02 Å². The Morgan fingerprint density at radius 2 is 2.06 bits per heavy atom. The summed E-state index contributed by atoms with van der Waals surface area (Å²) in [6, 6.07) is 3.12. The van der Waals surface area contributed by atoms with Gasteiger partial charge in [-0.3, -0.25) is 4.79 Å². The first-order chi connectivity index (χ1) is 8.50. The molecule has 6 heteroatoms. The predicted molar refractivity (Wildman–Crippen MR) is 74.4 cm³/mol. The number of hydrogen-bond acceptors (Lipinski definition) is 3. The van der Waals surface area contributed by atoms with Gasteiger partial charge >= 0.3 is 0 Å². The Labute approximate surface area is 117 Å². The van der Waals surface area contributed by atoms with Crippen LogP contribution in [0.25, 0.3) is 0 Å². The first kappa shape index (κ1) is 15.2. The fourth-order valence-electron chi connectivity index (χ4n) is 1.42. The molecule has 0 saturated heterocycles. The highest BCUT2D eigenvalue weighted by atomic mass is 35.5. The van der Waals surface area contributed by atoms with E-state index >= 15 is 0 Å². The summed E-state index contributed by atoms with van der Waals surface area (Å²) in [5.41, 5.74) is 0.178. The highest BCUT2D eigenvalue weighted by Crippen LogP contribution is 2.16. The minimum atomic E-state index is -0.285. The molecule has 1 amide bonds. The van der Waals surface area contributed by atoms with Crippen LogP contribution >= 0.6 is 23.2 Å². The third-order valence-corrected chi connectivity index (χ3v) is 2.86. The van der Waals surface area contributed by atoms with E-state index in [0.29, 0.717) is 11.6 Å². The van der Waals surface area contributed by atoms with E-state index in [-0.39, 0.29) is 16.8 Å². The highest BCUT2D eigenvalue weighted by molar-refractivity contribution is 6.34. The normalized spacial score (nSPS) is 10.7. The van der Waals surface area contributed by atoms with Gasteiger partial charge in [0, 0.05) is 6.54 Å². The van der Waals surface area contributed by atoms with E-state index in [2.05, 4.69) is 15.2 Å². The van der Waals surface area contributed by atoms with Crippen LogP contribution in [-0.2, 0) is 0 Å². The van der Waals surface area contributed by atoms with Crippen LogP contribution in [0.15, 0.2) is 12.1 Å². The van der Waals surface area contributed by atoms with Crippen molar-refractivity contribution in [3.8, 4) is 0 Å². The second-order valence-corrected chi connectivity index (χ2v) is 5.03. The summed E-state index contributed by atoms with van der Waals surface area (Å²) in [4.78, 5) is 17.8. The van der Waals surface area contributed by atoms with Crippen LogP contribution in [0.5, 0.6) is 0 Å². The Kier molecular flexibility index (Phi) is 6.39. The summed E-state index contributed by atoms with van der Waals surface area (Å²) in [6.45, 7) is 1.61. The van der Waals surface area contributed by atoms with Crippen LogP contribution in [0, 0.1) is 0 Å². The smallest absolute Gasteiger partial charge is 0.271 e. The molecular weight excluding hydrogens is 273 g/mol. The molecule has 4 nitrogen and oxygen atoms in total. The molecule has 0 bridgehead atoms. The van der Waals surface area contributed by atoms with Gasteiger partial charge < -0.3 is 10.2 Å². The molecule has 1 aromatic heterocycles. The quantitative estimate of drug-likeness (QED) is 0.646. The maximum absolute atomic E-state index is 11.8. The standard InChI is InChI=1S/C12H17Cl2N3O/c1-17(2)8-4-3-7-15-12(18)11-9(13)5-6-10(14)16-11/h5-6H,3-4,7-8H2,1-2H3,(H,15,18). The van der Waals surface area contributed by atoms with Crippen molar-refractivity contribution in [2.45, 2.75) is 12.8 Å². The molecule has 18 heavy (non-hydrogen) atoms. The second-order valence-electron chi connectivity index (χ2n) is 4.23. The molecule has 0 atom stereocenters. The number of halogens is 2. The third kappa shape index (κ3) is 5.21. The SMILES string of the molecule is CN(C)CCCCNC(=O)c1nc(Cl)ccc1Cl. The number of amides is 1. The summed E-state index contributed by atoms with van der Waals surface area (Å²) in [7, 11) is 4.04. The van der Waals surface area contributed by atoms with E-state index in [9.17, 15) is 4.79 Å². The molecule has 100 valence electrons. The molecule has 1 aromatic rings. The van der Waals surface area contributed by atoms with Gasteiger partial charge in [-0.2, -0.15) is 0 Å². The third-order valence-electron chi connectivity index (χ3n) is 2.34.